The molecule has 0 fully saturated rings. The molecule has 0 unspecified atom stereocenters. The van der Waals surface area contributed by atoms with Gasteiger partial charge in [-0.1, -0.05) is 17.7 Å². The number of hydrogen-bond donors (Lipinski definition) is 2. The molecule has 0 bridgehead atoms. The number of rotatable bonds is 4. The second kappa shape index (κ2) is 6.86. The van der Waals surface area contributed by atoms with Crippen molar-refractivity contribution in [1.29, 1.82) is 0 Å². The van der Waals surface area contributed by atoms with E-state index in [9.17, 15) is 13.2 Å². The van der Waals surface area contributed by atoms with E-state index in [1.54, 1.807) is 31.3 Å². The van der Waals surface area contributed by atoms with Crippen LogP contribution in [-0.2, 0) is 10.0 Å². The van der Waals surface area contributed by atoms with Crippen LogP contribution in [0.2, 0.25) is 5.02 Å². The highest BCUT2D eigenvalue weighted by molar-refractivity contribution is 7.89. The van der Waals surface area contributed by atoms with E-state index in [-0.39, 0.29) is 15.5 Å². The highest BCUT2D eigenvalue weighted by Crippen LogP contribution is 2.21. The first-order valence-corrected chi connectivity index (χ1v) is 8.30. The summed E-state index contributed by atoms with van der Waals surface area (Å²) in [5.41, 5.74) is 3.50. The van der Waals surface area contributed by atoms with E-state index in [1.165, 1.54) is 12.1 Å². The van der Waals surface area contributed by atoms with Crippen molar-refractivity contribution in [2.24, 2.45) is 10.2 Å². The smallest absolute Gasteiger partial charge is 0.267 e. The van der Waals surface area contributed by atoms with Crippen molar-refractivity contribution in [2.45, 2.75) is 11.8 Å². The van der Waals surface area contributed by atoms with E-state index in [4.69, 9.17) is 16.7 Å². The fraction of sp³-hybridized carbons (Fsp3) is 0.0714. The zero-order chi connectivity index (χ0) is 17.0. The zero-order valence-corrected chi connectivity index (χ0v) is 13.6. The average Bonchev–Trinajstić information content (AvgIpc) is 2.52. The van der Waals surface area contributed by atoms with E-state index in [0.29, 0.717) is 11.4 Å². The summed E-state index contributed by atoms with van der Waals surface area (Å²) in [4.78, 5) is 15.8. The lowest BCUT2D eigenvalue weighted by Crippen LogP contribution is -2.21. The quantitative estimate of drug-likeness (QED) is 0.641. The summed E-state index contributed by atoms with van der Waals surface area (Å²) in [7, 11) is -4.02. The van der Waals surface area contributed by atoms with Crippen LogP contribution >= 0.6 is 11.6 Å². The third kappa shape index (κ3) is 4.35. The van der Waals surface area contributed by atoms with Crippen LogP contribution in [0.15, 0.2) is 52.6 Å². The van der Waals surface area contributed by atoms with Crippen molar-refractivity contribution in [3.63, 3.8) is 0 Å². The molecule has 120 valence electrons. The summed E-state index contributed by atoms with van der Waals surface area (Å²) < 4.78 is 22.8. The Bertz CT molecular complexity index is 867. The summed E-state index contributed by atoms with van der Waals surface area (Å²) in [6, 6.07) is 9.05. The SMILES string of the molecule is C/C(=N\NC(=O)c1ccc(Cl)c(S(N)(=O)=O)c1)c1ccccn1. The Morgan fingerprint density at radius 3 is 2.65 bits per heavy atom. The van der Waals surface area contributed by atoms with Crippen LogP contribution in [0.4, 0.5) is 0 Å². The molecule has 1 aromatic heterocycles. The first kappa shape index (κ1) is 17.1. The Morgan fingerprint density at radius 2 is 2.04 bits per heavy atom. The average molecular weight is 353 g/mol. The minimum atomic E-state index is -4.02. The molecule has 0 atom stereocenters. The highest BCUT2D eigenvalue weighted by Gasteiger charge is 2.16. The molecule has 1 aromatic carbocycles. The van der Waals surface area contributed by atoms with Gasteiger partial charge in [0.1, 0.15) is 4.90 Å². The second-order valence-corrected chi connectivity index (χ2v) is 6.48. The van der Waals surface area contributed by atoms with Crippen molar-refractivity contribution >= 4 is 33.2 Å². The maximum Gasteiger partial charge on any atom is 0.271 e. The predicted molar refractivity (Wildman–Crippen MR) is 86.7 cm³/mol. The Balaban J connectivity index is 2.22. The molecule has 9 heteroatoms. The number of nitrogens with one attached hydrogen (secondary N) is 1. The first-order chi connectivity index (χ1) is 10.8. The number of hydrazone groups is 1. The molecular weight excluding hydrogens is 340 g/mol. The monoisotopic (exact) mass is 352 g/mol. The van der Waals surface area contributed by atoms with E-state index in [2.05, 4.69) is 15.5 Å². The van der Waals surface area contributed by atoms with Gasteiger partial charge in [0.25, 0.3) is 5.91 Å². The molecule has 0 radical (unpaired) electrons. The van der Waals surface area contributed by atoms with Gasteiger partial charge in [-0.25, -0.2) is 19.0 Å². The summed E-state index contributed by atoms with van der Waals surface area (Å²) in [6.07, 6.45) is 1.60. The normalized spacial score (nSPS) is 12.0. The second-order valence-electron chi connectivity index (χ2n) is 4.54. The number of hydrogen-bond acceptors (Lipinski definition) is 5. The lowest BCUT2D eigenvalue weighted by atomic mass is 10.2. The molecule has 0 saturated carbocycles. The van der Waals surface area contributed by atoms with Crippen LogP contribution in [0, 0.1) is 0 Å². The Morgan fingerprint density at radius 1 is 1.30 bits per heavy atom. The highest BCUT2D eigenvalue weighted by atomic mass is 35.5. The topological polar surface area (TPSA) is 115 Å². The number of carbonyl (C=O) groups excluding carboxylic acids is 1. The number of nitrogens with two attached hydrogens (primary N) is 1. The van der Waals surface area contributed by atoms with Gasteiger partial charge in [0, 0.05) is 11.8 Å². The maximum absolute atomic E-state index is 12.1. The van der Waals surface area contributed by atoms with Gasteiger partial charge in [-0.15, -0.1) is 0 Å². The fourth-order valence-corrected chi connectivity index (χ4v) is 2.77. The number of nitrogens with zero attached hydrogens (tertiary/aromatic N) is 2. The van der Waals surface area contributed by atoms with Gasteiger partial charge in [0.15, 0.2) is 0 Å². The number of carbonyl (C=O) groups is 1. The number of aromatic nitrogens is 1. The molecule has 2 aromatic rings. The van der Waals surface area contributed by atoms with E-state index >= 15 is 0 Å². The van der Waals surface area contributed by atoms with Crippen LogP contribution in [-0.4, -0.2) is 25.0 Å². The number of primary sulfonamides is 1. The van der Waals surface area contributed by atoms with E-state index in [0.717, 1.165) is 6.07 Å². The predicted octanol–water partition coefficient (Wildman–Crippen LogP) is 1.54. The minimum absolute atomic E-state index is 0.0581. The van der Waals surface area contributed by atoms with Crippen molar-refractivity contribution in [3.8, 4) is 0 Å². The molecule has 23 heavy (non-hydrogen) atoms. The van der Waals surface area contributed by atoms with Gasteiger partial charge in [-0.05, 0) is 37.3 Å². The minimum Gasteiger partial charge on any atom is -0.267 e. The van der Waals surface area contributed by atoms with Gasteiger partial charge in [-0.2, -0.15) is 5.10 Å². The van der Waals surface area contributed by atoms with Gasteiger partial charge in [0.05, 0.1) is 16.4 Å². The molecule has 3 N–H and O–H groups in total. The third-order valence-corrected chi connectivity index (χ3v) is 4.25. The Kier molecular flexibility index (Phi) is 5.09. The largest absolute Gasteiger partial charge is 0.271 e. The third-order valence-electron chi connectivity index (χ3n) is 2.86. The molecule has 2 rings (SSSR count). The van der Waals surface area contributed by atoms with Gasteiger partial charge >= 0.3 is 0 Å². The van der Waals surface area contributed by atoms with Crippen molar-refractivity contribution in [2.75, 3.05) is 0 Å². The Hall–Kier alpha value is -2.29. The van der Waals surface area contributed by atoms with E-state index in [1.807, 2.05) is 0 Å². The van der Waals surface area contributed by atoms with Gasteiger partial charge < -0.3 is 0 Å². The van der Waals surface area contributed by atoms with Gasteiger partial charge in [0.2, 0.25) is 10.0 Å². The number of amides is 1. The molecule has 0 aliphatic rings. The summed E-state index contributed by atoms with van der Waals surface area (Å²) in [5, 5.41) is 8.91. The number of sulfonamides is 1. The van der Waals surface area contributed by atoms with Crippen molar-refractivity contribution in [3.05, 3.63) is 58.9 Å². The maximum atomic E-state index is 12.1. The van der Waals surface area contributed by atoms with E-state index < -0.39 is 15.9 Å². The number of benzene rings is 1. The van der Waals surface area contributed by atoms with Gasteiger partial charge in [-0.3, -0.25) is 9.78 Å². The van der Waals surface area contributed by atoms with Crippen molar-refractivity contribution in [1.82, 2.24) is 10.4 Å². The molecule has 7 nitrogen and oxygen atoms in total. The molecule has 0 saturated heterocycles. The Labute approximate surface area is 138 Å². The summed E-state index contributed by atoms with van der Waals surface area (Å²) in [5.74, 6) is -0.596. The molecule has 0 aliphatic heterocycles. The van der Waals surface area contributed by atoms with Crippen LogP contribution in [0.3, 0.4) is 0 Å². The van der Waals surface area contributed by atoms with Crippen LogP contribution in [0.1, 0.15) is 23.0 Å². The van der Waals surface area contributed by atoms with Crippen LogP contribution in [0.25, 0.3) is 0 Å². The summed E-state index contributed by atoms with van der Waals surface area (Å²) in [6.45, 7) is 1.68. The molecular formula is C14H13ClN4O3S. The molecule has 0 spiro atoms. The lowest BCUT2D eigenvalue weighted by molar-refractivity contribution is 0.0954. The molecule has 1 amide bonds. The van der Waals surface area contributed by atoms with Crippen molar-refractivity contribution < 1.29 is 13.2 Å². The molecule has 0 aliphatic carbocycles. The number of halogens is 1. The lowest BCUT2D eigenvalue weighted by Gasteiger charge is -2.06. The zero-order valence-electron chi connectivity index (χ0n) is 12.0. The fourth-order valence-electron chi connectivity index (χ4n) is 1.70. The first-order valence-electron chi connectivity index (χ1n) is 6.37. The summed E-state index contributed by atoms with van der Waals surface area (Å²) >= 11 is 5.77. The van der Waals surface area contributed by atoms with Crippen LogP contribution < -0.4 is 10.6 Å². The molecule has 1 heterocycles. The van der Waals surface area contributed by atoms with Crippen LogP contribution in [0.5, 0.6) is 0 Å². The number of pyridine rings is 1. The standard InChI is InChI=1S/C14H13ClN4O3S/c1-9(12-4-2-3-7-17-12)18-19-14(20)10-5-6-11(15)13(8-10)23(16,21)22/h2-8H,1H3,(H,19,20)(H2,16,21,22)/b18-9+.